The number of nitrogens with zero attached hydrogens (tertiary/aromatic N) is 2. The minimum absolute atomic E-state index is 0.255. The predicted octanol–water partition coefficient (Wildman–Crippen LogP) is 0.498. The van der Waals surface area contributed by atoms with Gasteiger partial charge in [-0.1, -0.05) is 0 Å². The molecule has 0 bridgehead atoms. The average molecular weight is 111 g/mol. The third-order valence-electron chi connectivity index (χ3n) is 0.705. The van der Waals surface area contributed by atoms with E-state index in [4.69, 9.17) is 5.26 Å². The maximum absolute atomic E-state index is 10.3. The van der Waals surface area contributed by atoms with Gasteiger partial charge >= 0.3 is 0 Å². The molecule has 3 heteroatoms. The number of hydrogen-bond donors (Lipinski definition) is 0. The molecular weight excluding hydrogens is 104 g/mol. The first kappa shape index (κ1) is 6.96. The summed E-state index contributed by atoms with van der Waals surface area (Å²) in [5.41, 5.74) is 0. The van der Waals surface area contributed by atoms with Crippen molar-refractivity contribution in [3.8, 4) is 6.19 Å². The van der Waals surface area contributed by atoms with Crippen LogP contribution in [0, 0.1) is 18.0 Å². The van der Waals surface area contributed by atoms with Gasteiger partial charge in [0.2, 0.25) is 5.91 Å². The fraction of sp³-hybridized carbons (Fsp3) is 0.400. The van der Waals surface area contributed by atoms with E-state index in [0.29, 0.717) is 0 Å². The van der Waals surface area contributed by atoms with Gasteiger partial charge < -0.3 is 0 Å². The summed E-state index contributed by atoms with van der Waals surface area (Å²) in [6, 6.07) is 0. The molecule has 0 rings (SSSR count). The number of carbonyl (C=O) groups is 1. The van der Waals surface area contributed by atoms with Crippen LogP contribution in [0.1, 0.15) is 13.8 Å². The van der Waals surface area contributed by atoms with Crippen LogP contribution < -0.4 is 0 Å². The molecule has 0 saturated carbocycles. The van der Waals surface area contributed by atoms with Crippen LogP contribution in [0.5, 0.6) is 0 Å². The van der Waals surface area contributed by atoms with Crippen molar-refractivity contribution in [1.29, 1.82) is 5.26 Å². The molecule has 0 aromatic carbocycles. The molecule has 0 aliphatic rings. The van der Waals surface area contributed by atoms with E-state index in [1.165, 1.54) is 13.5 Å². The maximum atomic E-state index is 10.3. The summed E-state index contributed by atoms with van der Waals surface area (Å²) in [5.74, 6) is -0.255. The van der Waals surface area contributed by atoms with E-state index in [1.54, 1.807) is 13.1 Å². The van der Waals surface area contributed by atoms with E-state index in [0.717, 1.165) is 4.90 Å². The Bertz CT molecular complexity index is 125. The van der Waals surface area contributed by atoms with Crippen LogP contribution in [-0.2, 0) is 4.79 Å². The van der Waals surface area contributed by atoms with Crippen molar-refractivity contribution in [3.63, 3.8) is 0 Å². The van der Waals surface area contributed by atoms with Crippen molar-refractivity contribution in [2.24, 2.45) is 0 Å². The molecule has 0 fully saturated rings. The molecule has 8 heavy (non-hydrogen) atoms. The third kappa shape index (κ3) is 1.61. The minimum atomic E-state index is -0.255. The Labute approximate surface area is 48.5 Å². The van der Waals surface area contributed by atoms with Crippen molar-refractivity contribution < 1.29 is 4.79 Å². The lowest BCUT2D eigenvalue weighted by atomic mass is 10.5. The van der Waals surface area contributed by atoms with Gasteiger partial charge in [0.1, 0.15) is 0 Å². The first-order valence-electron chi connectivity index (χ1n) is 2.21. The van der Waals surface area contributed by atoms with Gasteiger partial charge in [0.25, 0.3) is 0 Å². The topological polar surface area (TPSA) is 44.1 Å². The fourth-order valence-corrected chi connectivity index (χ4v) is 0.310. The van der Waals surface area contributed by atoms with Gasteiger partial charge in [-0.25, -0.2) is 4.90 Å². The van der Waals surface area contributed by atoms with Crippen LogP contribution in [0.2, 0.25) is 0 Å². The zero-order valence-electron chi connectivity index (χ0n) is 4.88. The van der Waals surface area contributed by atoms with Crippen LogP contribution in [0.3, 0.4) is 0 Å². The van der Waals surface area contributed by atoms with E-state index in [1.807, 2.05) is 0 Å². The lowest BCUT2D eigenvalue weighted by Gasteiger charge is -2.03. The first-order valence-corrected chi connectivity index (χ1v) is 2.21. The lowest BCUT2D eigenvalue weighted by Crippen LogP contribution is -2.18. The molecule has 0 aromatic heterocycles. The molecule has 1 amide bonds. The van der Waals surface area contributed by atoms with E-state index < -0.39 is 0 Å². The Balaban J connectivity index is 3.76. The molecule has 1 radical (unpaired) electrons. The van der Waals surface area contributed by atoms with Crippen molar-refractivity contribution in [3.05, 3.63) is 6.54 Å². The lowest BCUT2D eigenvalue weighted by molar-refractivity contribution is -0.124. The van der Waals surface area contributed by atoms with Gasteiger partial charge in [-0.05, 0) is 6.92 Å². The SMILES string of the molecule is C[CH]N(C#N)C(C)=O. The normalized spacial score (nSPS) is 7.62. The minimum Gasteiger partial charge on any atom is -0.274 e. The van der Waals surface area contributed by atoms with Gasteiger partial charge in [0.05, 0.1) is 6.54 Å². The molecule has 0 heterocycles. The highest BCUT2D eigenvalue weighted by Gasteiger charge is 2.01. The smallest absolute Gasteiger partial charge is 0.232 e. The highest BCUT2D eigenvalue weighted by atomic mass is 16.2. The van der Waals surface area contributed by atoms with Crippen LogP contribution in [0.4, 0.5) is 0 Å². The molecule has 43 valence electrons. The average Bonchev–Trinajstić information content (AvgIpc) is 1.69. The highest BCUT2D eigenvalue weighted by Crippen LogP contribution is 1.87. The molecule has 0 aliphatic heterocycles. The summed E-state index contributed by atoms with van der Waals surface area (Å²) in [4.78, 5) is 11.2. The molecule has 0 aromatic rings. The summed E-state index contributed by atoms with van der Waals surface area (Å²) >= 11 is 0. The summed E-state index contributed by atoms with van der Waals surface area (Å²) in [5, 5.41) is 8.12. The molecule has 0 atom stereocenters. The summed E-state index contributed by atoms with van der Waals surface area (Å²) < 4.78 is 0. The Hall–Kier alpha value is -1.04. The zero-order valence-corrected chi connectivity index (χ0v) is 4.88. The van der Waals surface area contributed by atoms with Crippen molar-refractivity contribution in [1.82, 2.24) is 4.90 Å². The summed E-state index contributed by atoms with van der Waals surface area (Å²) in [6.45, 7) is 4.39. The van der Waals surface area contributed by atoms with E-state index in [2.05, 4.69) is 0 Å². The quantitative estimate of drug-likeness (QED) is 0.365. The molecule has 3 nitrogen and oxygen atoms in total. The Kier molecular flexibility index (Phi) is 2.63. The second kappa shape index (κ2) is 3.03. The van der Waals surface area contributed by atoms with Crippen molar-refractivity contribution in [2.75, 3.05) is 0 Å². The van der Waals surface area contributed by atoms with E-state index >= 15 is 0 Å². The van der Waals surface area contributed by atoms with E-state index in [-0.39, 0.29) is 5.91 Å². The van der Waals surface area contributed by atoms with Gasteiger partial charge in [-0.15, -0.1) is 0 Å². The van der Waals surface area contributed by atoms with Crippen LogP contribution in [0.15, 0.2) is 0 Å². The number of rotatable bonds is 1. The Morgan fingerprint density at radius 2 is 2.38 bits per heavy atom. The van der Waals surface area contributed by atoms with Crippen LogP contribution in [0.25, 0.3) is 0 Å². The number of hydrogen-bond acceptors (Lipinski definition) is 2. The predicted molar refractivity (Wildman–Crippen MR) is 28.1 cm³/mol. The third-order valence-corrected chi connectivity index (χ3v) is 0.705. The molecular formula is C5H7N2O. The zero-order chi connectivity index (χ0) is 6.57. The second-order valence-corrected chi connectivity index (χ2v) is 1.25. The first-order chi connectivity index (χ1) is 3.72. The van der Waals surface area contributed by atoms with Gasteiger partial charge in [0, 0.05) is 6.92 Å². The number of amides is 1. The molecule has 0 saturated heterocycles. The molecule has 0 unspecified atom stereocenters. The summed E-state index contributed by atoms with van der Waals surface area (Å²) in [6.07, 6.45) is 1.68. The van der Waals surface area contributed by atoms with Crippen molar-refractivity contribution in [2.45, 2.75) is 13.8 Å². The Morgan fingerprint density at radius 3 is 2.38 bits per heavy atom. The molecule has 0 N–H and O–H groups in total. The van der Waals surface area contributed by atoms with E-state index in [9.17, 15) is 4.79 Å². The Morgan fingerprint density at radius 1 is 1.88 bits per heavy atom. The van der Waals surface area contributed by atoms with Crippen LogP contribution >= 0.6 is 0 Å². The van der Waals surface area contributed by atoms with Gasteiger partial charge in [-0.2, -0.15) is 5.26 Å². The van der Waals surface area contributed by atoms with Crippen molar-refractivity contribution >= 4 is 5.91 Å². The number of nitriles is 1. The largest absolute Gasteiger partial charge is 0.274 e. The second-order valence-electron chi connectivity index (χ2n) is 1.25. The highest BCUT2D eigenvalue weighted by molar-refractivity contribution is 5.75. The monoisotopic (exact) mass is 111 g/mol. The standard InChI is InChI=1S/C5H7N2O/c1-3-7(4-6)5(2)8/h3H,1-2H3. The van der Waals surface area contributed by atoms with Gasteiger partial charge in [0.15, 0.2) is 6.19 Å². The number of carbonyl (C=O) groups excluding carboxylic acids is 1. The fourth-order valence-electron chi connectivity index (χ4n) is 0.310. The molecule has 0 aliphatic carbocycles. The van der Waals surface area contributed by atoms with Crippen LogP contribution in [-0.4, -0.2) is 10.8 Å². The molecule has 0 spiro atoms. The summed E-state index contributed by atoms with van der Waals surface area (Å²) in [7, 11) is 0. The maximum Gasteiger partial charge on any atom is 0.232 e. The van der Waals surface area contributed by atoms with Gasteiger partial charge in [-0.3, -0.25) is 4.79 Å².